The van der Waals surface area contributed by atoms with E-state index in [2.05, 4.69) is 26.3 Å². The Morgan fingerprint density at radius 1 is 1.30 bits per heavy atom. The average molecular weight is 338 g/mol. The van der Waals surface area contributed by atoms with E-state index in [-0.39, 0.29) is 6.61 Å². The predicted molar refractivity (Wildman–Crippen MR) is 83.7 cm³/mol. The Kier molecular flexibility index (Phi) is 4.62. The van der Waals surface area contributed by atoms with Crippen LogP contribution < -0.4 is 5.32 Å². The normalized spacial score (nSPS) is 14.2. The molecule has 20 heavy (non-hydrogen) atoms. The summed E-state index contributed by atoms with van der Waals surface area (Å²) >= 11 is 3.54. The number of rotatable bonds is 5. The van der Waals surface area contributed by atoms with Crippen molar-refractivity contribution in [2.75, 3.05) is 13.7 Å². The molecule has 1 unspecified atom stereocenters. The number of benzene rings is 1. The van der Waals surface area contributed by atoms with Crippen molar-refractivity contribution in [3.63, 3.8) is 0 Å². The van der Waals surface area contributed by atoms with Crippen molar-refractivity contribution in [1.82, 2.24) is 15.1 Å². The Labute approximate surface area is 127 Å². The number of aryl methyl sites for hydroxylation is 1. The summed E-state index contributed by atoms with van der Waals surface area (Å²) in [6.07, 6.45) is 0. The van der Waals surface area contributed by atoms with Crippen LogP contribution in [0.5, 0.6) is 0 Å². The van der Waals surface area contributed by atoms with E-state index in [0.717, 1.165) is 21.4 Å². The topological polar surface area (TPSA) is 50.1 Å². The molecule has 1 aromatic carbocycles. The molecule has 0 bridgehead atoms. The van der Waals surface area contributed by atoms with E-state index in [4.69, 9.17) is 0 Å². The number of likely N-dealkylation sites (N-methyl/N-ethyl adjacent to an activating group) is 1. The molecule has 4 nitrogen and oxygen atoms in total. The van der Waals surface area contributed by atoms with E-state index >= 15 is 0 Å². The molecule has 0 saturated carbocycles. The molecule has 2 N–H and O–H groups in total. The van der Waals surface area contributed by atoms with Crippen LogP contribution >= 0.6 is 15.9 Å². The molecular weight excluding hydrogens is 318 g/mol. The van der Waals surface area contributed by atoms with Gasteiger partial charge in [-0.05, 0) is 42.4 Å². The van der Waals surface area contributed by atoms with E-state index in [1.807, 2.05) is 55.9 Å². The van der Waals surface area contributed by atoms with Crippen molar-refractivity contribution < 1.29 is 5.11 Å². The second kappa shape index (κ2) is 6.08. The van der Waals surface area contributed by atoms with Crippen LogP contribution in [0.2, 0.25) is 0 Å². The predicted octanol–water partition coefficient (Wildman–Crippen LogP) is 2.37. The average Bonchev–Trinajstić information content (AvgIpc) is 2.73. The molecule has 0 radical (unpaired) electrons. The van der Waals surface area contributed by atoms with Gasteiger partial charge in [0.1, 0.15) is 0 Å². The van der Waals surface area contributed by atoms with Crippen LogP contribution in [-0.4, -0.2) is 28.5 Å². The fourth-order valence-corrected chi connectivity index (χ4v) is 2.66. The molecule has 0 amide bonds. The summed E-state index contributed by atoms with van der Waals surface area (Å²) in [5, 5.41) is 17.7. The molecule has 2 rings (SSSR count). The number of nitrogens with one attached hydrogen (secondary N) is 1. The smallest absolute Gasteiger partial charge is 0.0865 e. The lowest BCUT2D eigenvalue weighted by Gasteiger charge is -2.32. The molecule has 0 fully saturated rings. The Morgan fingerprint density at radius 2 is 1.95 bits per heavy atom. The van der Waals surface area contributed by atoms with Gasteiger partial charge in [-0.2, -0.15) is 5.10 Å². The van der Waals surface area contributed by atoms with Gasteiger partial charge in [-0.3, -0.25) is 4.68 Å². The summed E-state index contributed by atoms with van der Waals surface area (Å²) in [4.78, 5) is 0. The molecule has 2 aromatic rings. The van der Waals surface area contributed by atoms with Crippen LogP contribution in [0.1, 0.15) is 17.0 Å². The van der Waals surface area contributed by atoms with Crippen molar-refractivity contribution in [2.45, 2.75) is 25.9 Å². The Balaban J connectivity index is 2.42. The third kappa shape index (κ3) is 2.66. The molecule has 5 heteroatoms. The zero-order chi connectivity index (χ0) is 14.8. The number of halogens is 1. The van der Waals surface area contributed by atoms with Crippen LogP contribution in [-0.2, 0) is 12.1 Å². The molecule has 0 spiro atoms. The highest BCUT2D eigenvalue weighted by molar-refractivity contribution is 9.10. The molecule has 0 aliphatic heterocycles. The van der Waals surface area contributed by atoms with Gasteiger partial charge in [0.05, 0.1) is 28.9 Å². The monoisotopic (exact) mass is 337 g/mol. The Hall–Kier alpha value is -1.17. The van der Waals surface area contributed by atoms with Crippen molar-refractivity contribution in [3.05, 3.63) is 51.8 Å². The SMILES string of the molecule is CNC(CO)(Cn1nc(C)c(Br)c1C)c1ccccc1. The van der Waals surface area contributed by atoms with Crippen molar-refractivity contribution in [1.29, 1.82) is 0 Å². The van der Waals surface area contributed by atoms with Gasteiger partial charge in [-0.25, -0.2) is 0 Å². The lowest BCUT2D eigenvalue weighted by atomic mass is 9.90. The van der Waals surface area contributed by atoms with Crippen LogP contribution in [0.3, 0.4) is 0 Å². The first kappa shape index (κ1) is 15.2. The summed E-state index contributed by atoms with van der Waals surface area (Å²) in [5.74, 6) is 0. The van der Waals surface area contributed by atoms with Crippen LogP contribution in [0.25, 0.3) is 0 Å². The summed E-state index contributed by atoms with van der Waals surface area (Å²) in [7, 11) is 1.87. The summed E-state index contributed by atoms with van der Waals surface area (Å²) in [6.45, 7) is 4.56. The zero-order valence-corrected chi connectivity index (χ0v) is 13.6. The van der Waals surface area contributed by atoms with E-state index in [9.17, 15) is 5.11 Å². The maximum atomic E-state index is 9.94. The first-order valence-corrected chi connectivity index (χ1v) is 7.38. The summed E-state index contributed by atoms with van der Waals surface area (Å²) < 4.78 is 2.95. The number of nitrogens with zero attached hydrogens (tertiary/aromatic N) is 2. The highest BCUT2D eigenvalue weighted by Crippen LogP contribution is 2.26. The van der Waals surface area contributed by atoms with E-state index in [1.165, 1.54) is 0 Å². The summed E-state index contributed by atoms with van der Waals surface area (Å²) in [6, 6.07) is 9.98. The first-order chi connectivity index (χ1) is 9.54. The molecule has 0 aliphatic carbocycles. The highest BCUT2D eigenvalue weighted by atomic mass is 79.9. The minimum absolute atomic E-state index is 0.00345. The van der Waals surface area contributed by atoms with Gasteiger partial charge in [0.25, 0.3) is 0 Å². The molecule has 1 atom stereocenters. The highest BCUT2D eigenvalue weighted by Gasteiger charge is 2.31. The van der Waals surface area contributed by atoms with Gasteiger partial charge in [0, 0.05) is 5.69 Å². The number of hydrogen-bond acceptors (Lipinski definition) is 3. The van der Waals surface area contributed by atoms with E-state index in [0.29, 0.717) is 6.54 Å². The standard InChI is InChI=1S/C15H20BrN3O/c1-11-14(16)12(2)19(18-11)9-15(10-20,17-3)13-7-5-4-6-8-13/h4-8,17,20H,9-10H2,1-3H3. The van der Waals surface area contributed by atoms with Gasteiger partial charge in [-0.15, -0.1) is 0 Å². The minimum atomic E-state index is -0.538. The lowest BCUT2D eigenvalue weighted by Crippen LogP contribution is -2.47. The quantitative estimate of drug-likeness (QED) is 0.880. The van der Waals surface area contributed by atoms with Gasteiger partial charge >= 0.3 is 0 Å². The van der Waals surface area contributed by atoms with Crippen molar-refractivity contribution >= 4 is 15.9 Å². The molecule has 0 aliphatic rings. The third-order valence-electron chi connectivity index (χ3n) is 3.79. The largest absolute Gasteiger partial charge is 0.394 e. The number of aromatic nitrogens is 2. The third-order valence-corrected chi connectivity index (χ3v) is 4.94. The van der Waals surface area contributed by atoms with Crippen molar-refractivity contribution in [3.8, 4) is 0 Å². The summed E-state index contributed by atoms with van der Waals surface area (Å²) in [5.41, 5.74) is 2.53. The molecular formula is C15H20BrN3O. The van der Waals surface area contributed by atoms with Crippen LogP contribution in [0.15, 0.2) is 34.8 Å². The maximum Gasteiger partial charge on any atom is 0.0865 e. The number of aliphatic hydroxyl groups is 1. The van der Waals surface area contributed by atoms with Crippen LogP contribution in [0, 0.1) is 13.8 Å². The van der Waals surface area contributed by atoms with Gasteiger partial charge in [0.15, 0.2) is 0 Å². The lowest BCUT2D eigenvalue weighted by molar-refractivity contribution is 0.145. The minimum Gasteiger partial charge on any atom is -0.394 e. The van der Waals surface area contributed by atoms with Crippen LogP contribution in [0.4, 0.5) is 0 Å². The van der Waals surface area contributed by atoms with Crippen molar-refractivity contribution in [2.24, 2.45) is 0 Å². The number of hydrogen-bond donors (Lipinski definition) is 2. The Morgan fingerprint density at radius 3 is 2.40 bits per heavy atom. The van der Waals surface area contributed by atoms with Gasteiger partial charge in [-0.1, -0.05) is 30.3 Å². The Bertz CT molecular complexity index is 576. The fourth-order valence-electron chi connectivity index (χ4n) is 2.38. The second-order valence-corrected chi connectivity index (χ2v) is 5.79. The van der Waals surface area contributed by atoms with Gasteiger partial charge in [0.2, 0.25) is 0 Å². The molecule has 0 saturated heterocycles. The molecule has 1 aromatic heterocycles. The second-order valence-electron chi connectivity index (χ2n) is 5.00. The fraction of sp³-hybridized carbons (Fsp3) is 0.400. The zero-order valence-electron chi connectivity index (χ0n) is 12.0. The molecule has 1 heterocycles. The van der Waals surface area contributed by atoms with Gasteiger partial charge < -0.3 is 10.4 Å². The first-order valence-electron chi connectivity index (χ1n) is 6.59. The van der Waals surface area contributed by atoms with E-state index < -0.39 is 5.54 Å². The molecule has 108 valence electrons. The maximum absolute atomic E-state index is 9.94. The van der Waals surface area contributed by atoms with E-state index in [1.54, 1.807) is 0 Å². The number of aliphatic hydroxyl groups excluding tert-OH is 1.